The van der Waals surface area contributed by atoms with Gasteiger partial charge < -0.3 is 5.32 Å². The van der Waals surface area contributed by atoms with Crippen molar-refractivity contribution in [1.82, 2.24) is 15.1 Å². The van der Waals surface area contributed by atoms with Crippen LogP contribution in [-0.2, 0) is 12.7 Å². The molecule has 0 fully saturated rings. The van der Waals surface area contributed by atoms with E-state index in [0.717, 1.165) is 0 Å². The summed E-state index contributed by atoms with van der Waals surface area (Å²) in [5.74, 6) is 0. The maximum Gasteiger partial charge on any atom is 0.418 e. The molecule has 7 heteroatoms. The van der Waals surface area contributed by atoms with Crippen LogP contribution in [-0.4, -0.2) is 15.8 Å². The van der Waals surface area contributed by atoms with Crippen LogP contribution in [0.2, 0.25) is 0 Å². The molecule has 2 rings (SSSR count). The molecule has 0 atom stereocenters. The molecule has 0 spiro atoms. The highest BCUT2D eigenvalue weighted by atomic mass is 79.9. The van der Waals surface area contributed by atoms with E-state index in [2.05, 4.69) is 26.3 Å². The van der Waals surface area contributed by atoms with Gasteiger partial charge in [-0.2, -0.15) is 18.3 Å². The molecule has 0 aliphatic heterocycles. The molecule has 0 bridgehead atoms. The summed E-state index contributed by atoms with van der Waals surface area (Å²) in [7, 11) is 0. The van der Waals surface area contributed by atoms with Gasteiger partial charge in [0.2, 0.25) is 0 Å². The minimum absolute atomic E-state index is 0.0153. The van der Waals surface area contributed by atoms with E-state index in [4.69, 9.17) is 0 Å². The van der Waals surface area contributed by atoms with Gasteiger partial charge in [-0.15, -0.1) is 0 Å². The smallest absolute Gasteiger partial charge is 0.310 e. The highest BCUT2D eigenvalue weighted by Crippen LogP contribution is 2.34. The second-order valence-corrected chi connectivity index (χ2v) is 5.90. The third-order valence-corrected chi connectivity index (χ3v) is 3.29. The van der Waals surface area contributed by atoms with Gasteiger partial charge in [0.1, 0.15) is 0 Å². The maximum absolute atomic E-state index is 13.2. The zero-order valence-electron chi connectivity index (χ0n) is 11.6. The minimum Gasteiger partial charge on any atom is -0.310 e. The molecule has 0 saturated heterocycles. The summed E-state index contributed by atoms with van der Waals surface area (Å²) in [6.45, 7) is 4.28. The standard InChI is InChI=1S/C14H15BrF3N3/c1-9(2)19-6-10-3-4-13(12(5-10)14(16,17)18)21-8-11(15)7-20-21/h3-5,7-9,19H,6H2,1-2H3. The first kappa shape index (κ1) is 16.0. The first-order valence-corrected chi connectivity index (χ1v) is 7.20. The largest absolute Gasteiger partial charge is 0.418 e. The summed E-state index contributed by atoms with van der Waals surface area (Å²) in [4.78, 5) is 0. The van der Waals surface area contributed by atoms with Gasteiger partial charge in [-0.3, -0.25) is 0 Å². The number of benzene rings is 1. The molecule has 1 aromatic carbocycles. The summed E-state index contributed by atoms with van der Waals surface area (Å²) < 4.78 is 41.6. The zero-order chi connectivity index (χ0) is 15.6. The number of aromatic nitrogens is 2. The van der Waals surface area contributed by atoms with Gasteiger partial charge in [0.05, 0.1) is 21.9 Å². The molecule has 0 saturated carbocycles. The Balaban J connectivity index is 2.41. The van der Waals surface area contributed by atoms with Crippen molar-refractivity contribution >= 4 is 15.9 Å². The maximum atomic E-state index is 13.2. The van der Waals surface area contributed by atoms with Crippen LogP contribution < -0.4 is 5.32 Å². The van der Waals surface area contributed by atoms with Crippen molar-refractivity contribution in [1.29, 1.82) is 0 Å². The van der Waals surface area contributed by atoms with Gasteiger partial charge in [0.25, 0.3) is 0 Å². The van der Waals surface area contributed by atoms with E-state index < -0.39 is 11.7 Å². The van der Waals surface area contributed by atoms with E-state index in [0.29, 0.717) is 16.6 Å². The summed E-state index contributed by atoms with van der Waals surface area (Å²) >= 11 is 3.19. The van der Waals surface area contributed by atoms with Crippen LogP contribution in [0.4, 0.5) is 13.2 Å². The molecular formula is C14H15BrF3N3. The third-order valence-electron chi connectivity index (χ3n) is 2.88. The number of rotatable bonds is 4. The van der Waals surface area contributed by atoms with Crippen LogP contribution in [0.25, 0.3) is 5.69 Å². The Morgan fingerprint density at radius 3 is 2.57 bits per heavy atom. The fourth-order valence-electron chi connectivity index (χ4n) is 1.87. The third kappa shape index (κ3) is 4.07. The Bertz CT molecular complexity index is 620. The summed E-state index contributed by atoms with van der Waals surface area (Å²) in [5, 5.41) is 7.02. The van der Waals surface area contributed by atoms with Gasteiger partial charge in [0, 0.05) is 18.8 Å². The first-order valence-electron chi connectivity index (χ1n) is 6.41. The van der Waals surface area contributed by atoms with Crippen molar-refractivity contribution in [2.75, 3.05) is 0 Å². The number of hydrogen-bond donors (Lipinski definition) is 1. The Labute approximate surface area is 129 Å². The van der Waals surface area contributed by atoms with Gasteiger partial charge in [-0.1, -0.05) is 19.9 Å². The van der Waals surface area contributed by atoms with E-state index in [-0.39, 0.29) is 11.7 Å². The Hall–Kier alpha value is -1.34. The number of hydrogen-bond acceptors (Lipinski definition) is 2. The van der Waals surface area contributed by atoms with Gasteiger partial charge in [-0.05, 0) is 33.6 Å². The van der Waals surface area contributed by atoms with E-state index in [1.54, 1.807) is 6.07 Å². The lowest BCUT2D eigenvalue weighted by Crippen LogP contribution is -2.22. The number of alkyl halides is 3. The fourth-order valence-corrected chi connectivity index (χ4v) is 2.16. The molecule has 2 aromatic rings. The average Bonchev–Trinajstić information content (AvgIpc) is 2.81. The molecule has 1 heterocycles. The molecule has 114 valence electrons. The minimum atomic E-state index is -4.43. The monoisotopic (exact) mass is 361 g/mol. The van der Waals surface area contributed by atoms with Crippen molar-refractivity contribution in [3.05, 3.63) is 46.2 Å². The van der Waals surface area contributed by atoms with Crippen LogP contribution >= 0.6 is 15.9 Å². The van der Waals surface area contributed by atoms with Crippen molar-refractivity contribution in [3.63, 3.8) is 0 Å². The SMILES string of the molecule is CC(C)NCc1ccc(-n2cc(Br)cn2)c(C(F)(F)F)c1. The van der Waals surface area contributed by atoms with E-state index in [1.807, 2.05) is 13.8 Å². The van der Waals surface area contributed by atoms with Crippen LogP contribution in [0.5, 0.6) is 0 Å². The highest BCUT2D eigenvalue weighted by Gasteiger charge is 2.34. The predicted molar refractivity (Wildman–Crippen MR) is 78.2 cm³/mol. The molecule has 0 aliphatic rings. The van der Waals surface area contributed by atoms with Crippen LogP contribution in [0.1, 0.15) is 25.0 Å². The highest BCUT2D eigenvalue weighted by molar-refractivity contribution is 9.10. The molecular weight excluding hydrogens is 347 g/mol. The topological polar surface area (TPSA) is 29.9 Å². The van der Waals surface area contributed by atoms with Crippen molar-refractivity contribution in [3.8, 4) is 5.69 Å². The van der Waals surface area contributed by atoms with E-state index in [1.165, 1.54) is 29.2 Å². The molecule has 0 unspecified atom stereocenters. The molecule has 0 amide bonds. The Morgan fingerprint density at radius 2 is 2.05 bits per heavy atom. The Morgan fingerprint density at radius 1 is 1.33 bits per heavy atom. The van der Waals surface area contributed by atoms with E-state index in [9.17, 15) is 13.2 Å². The number of halogens is 4. The predicted octanol–water partition coefficient (Wildman–Crippen LogP) is 4.15. The van der Waals surface area contributed by atoms with Gasteiger partial charge in [-0.25, -0.2) is 4.68 Å². The first-order chi connectivity index (χ1) is 9.77. The molecule has 0 radical (unpaired) electrons. The Kier molecular flexibility index (Phi) is 4.73. The summed E-state index contributed by atoms with van der Waals surface area (Å²) in [6.07, 6.45) is -1.48. The number of nitrogens with zero attached hydrogens (tertiary/aromatic N) is 2. The quantitative estimate of drug-likeness (QED) is 0.886. The lowest BCUT2D eigenvalue weighted by Gasteiger charge is -2.15. The van der Waals surface area contributed by atoms with Crippen molar-refractivity contribution in [2.24, 2.45) is 0 Å². The zero-order valence-corrected chi connectivity index (χ0v) is 13.2. The molecule has 1 aromatic heterocycles. The summed E-state index contributed by atoms with van der Waals surface area (Å²) in [6, 6.07) is 4.50. The lowest BCUT2D eigenvalue weighted by atomic mass is 10.1. The fraction of sp³-hybridized carbons (Fsp3) is 0.357. The second kappa shape index (κ2) is 6.19. The second-order valence-electron chi connectivity index (χ2n) is 4.99. The van der Waals surface area contributed by atoms with Crippen molar-refractivity contribution in [2.45, 2.75) is 32.6 Å². The molecule has 0 aliphatic carbocycles. The number of nitrogens with one attached hydrogen (secondary N) is 1. The van der Waals surface area contributed by atoms with Crippen LogP contribution in [0.15, 0.2) is 35.1 Å². The van der Waals surface area contributed by atoms with Crippen LogP contribution in [0, 0.1) is 0 Å². The average molecular weight is 362 g/mol. The van der Waals surface area contributed by atoms with E-state index >= 15 is 0 Å². The summed E-state index contributed by atoms with van der Waals surface area (Å²) in [5.41, 5.74) is -0.0892. The molecule has 1 N–H and O–H groups in total. The molecule has 3 nitrogen and oxygen atoms in total. The normalized spacial score (nSPS) is 12.1. The molecule has 21 heavy (non-hydrogen) atoms. The lowest BCUT2D eigenvalue weighted by molar-refractivity contribution is -0.137. The van der Waals surface area contributed by atoms with Crippen LogP contribution in [0.3, 0.4) is 0 Å². The van der Waals surface area contributed by atoms with Crippen molar-refractivity contribution < 1.29 is 13.2 Å². The van der Waals surface area contributed by atoms with Gasteiger partial charge >= 0.3 is 6.18 Å². The van der Waals surface area contributed by atoms with Gasteiger partial charge in [0.15, 0.2) is 0 Å².